The van der Waals surface area contributed by atoms with Gasteiger partial charge < -0.3 is 14.9 Å². The number of anilines is 2. The van der Waals surface area contributed by atoms with E-state index in [-0.39, 0.29) is 0 Å². The SMILES string of the molecule is CN(C)c1ccc(C(O)(c2ccc(N(C)C)cc2)c2ccc([N+](C)(C)C)cc2)cc1. The molecular formula is C26H34N3O+. The van der Waals surface area contributed by atoms with Gasteiger partial charge in [-0.1, -0.05) is 24.3 Å². The Morgan fingerprint density at radius 2 is 0.867 bits per heavy atom. The van der Waals surface area contributed by atoms with Crippen LogP contribution in [0.4, 0.5) is 17.1 Å². The number of benzene rings is 3. The third kappa shape index (κ3) is 4.20. The summed E-state index contributed by atoms with van der Waals surface area (Å²) in [4.78, 5) is 4.12. The molecule has 0 bridgehead atoms. The van der Waals surface area contributed by atoms with E-state index in [4.69, 9.17) is 0 Å². The summed E-state index contributed by atoms with van der Waals surface area (Å²) in [6.07, 6.45) is 0. The minimum absolute atomic E-state index is 0.730. The molecule has 3 aromatic carbocycles. The quantitative estimate of drug-likeness (QED) is 0.490. The molecule has 0 unspecified atom stereocenters. The van der Waals surface area contributed by atoms with Gasteiger partial charge in [0, 0.05) is 39.6 Å². The Labute approximate surface area is 181 Å². The zero-order valence-corrected chi connectivity index (χ0v) is 19.2. The average molecular weight is 405 g/mol. The van der Waals surface area contributed by atoms with Gasteiger partial charge in [0.1, 0.15) is 11.3 Å². The highest BCUT2D eigenvalue weighted by molar-refractivity contribution is 5.56. The Morgan fingerprint density at radius 1 is 0.567 bits per heavy atom. The highest BCUT2D eigenvalue weighted by atomic mass is 16.3. The molecule has 4 heteroatoms. The summed E-state index contributed by atoms with van der Waals surface area (Å²) >= 11 is 0. The summed E-state index contributed by atoms with van der Waals surface area (Å²) in [5, 5.41) is 12.1. The molecule has 0 heterocycles. The van der Waals surface area contributed by atoms with Gasteiger partial charge in [0.05, 0.1) is 21.1 Å². The van der Waals surface area contributed by atoms with Crippen molar-refractivity contribution < 1.29 is 5.11 Å². The topological polar surface area (TPSA) is 26.7 Å². The van der Waals surface area contributed by atoms with Gasteiger partial charge in [0.2, 0.25) is 0 Å². The molecule has 4 nitrogen and oxygen atoms in total. The molecule has 0 spiro atoms. The predicted octanol–water partition coefficient (Wildman–Crippen LogP) is 4.30. The van der Waals surface area contributed by atoms with E-state index in [0.29, 0.717) is 0 Å². The maximum Gasteiger partial charge on any atom is 0.140 e. The summed E-state index contributed by atoms with van der Waals surface area (Å²) in [6, 6.07) is 24.5. The first kappa shape index (κ1) is 21.9. The van der Waals surface area contributed by atoms with Crippen LogP contribution in [0, 0.1) is 0 Å². The number of nitrogens with zero attached hydrogens (tertiary/aromatic N) is 3. The van der Waals surface area contributed by atoms with Crippen LogP contribution in [0.15, 0.2) is 72.8 Å². The van der Waals surface area contributed by atoms with E-state index in [1.807, 2.05) is 64.6 Å². The lowest BCUT2D eigenvalue weighted by Crippen LogP contribution is -2.35. The molecule has 0 fully saturated rings. The van der Waals surface area contributed by atoms with Crippen molar-refractivity contribution in [1.29, 1.82) is 0 Å². The molecule has 0 aliphatic carbocycles. The number of quaternary nitrogens is 1. The van der Waals surface area contributed by atoms with Crippen molar-refractivity contribution in [1.82, 2.24) is 4.48 Å². The fourth-order valence-corrected chi connectivity index (χ4v) is 3.65. The smallest absolute Gasteiger partial charge is 0.140 e. The first-order valence-electron chi connectivity index (χ1n) is 10.2. The summed E-state index contributed by atoms with van der Waals surface area (Å²) in [5.41, 5.74) is 4.71. The van der Waals surface area contributed by atoms with Crippen molar-refractivity contribution >= 4 is 17.1 Å². The van der Waals surface area contributed by atoms with Crippen LogP contribution >= 0.6 is 0 Å². The van der Waals surface area contributed by atoms with Gasteiger partial charge in [-0.25, -0.2) is 0 Å². The molecule has 0 saturated carbocycles. The number of hydrogen-bond donors (Lipinski definition) is 1. The zero-order chi connectivity index (χ0) is 22.1. The molecule has 0 amide bonds. The molecular weight excluding hydrogens is 370 g/mol. The molecule has 0 aliphatic rings. The molecule has 158 valence electrons. The normalized spacial score (nSPS) is 12.0. The van der Waals surface area contributed by atoms with E-state index in [9.17, 15) is 5.11 Å². The van der Waals surface area contributed by atoms with Gasteiger partial charge in [-0.3, -0.25) is 4.48 Å². The zero-order valence-electron chi connectivity index (χ0n) is 19.2. The van der Waals surface area contributed by atoms with Gasteiger partial charge in [0.25, 0.3) is 0 Å². The lowest BCUT2D eigenvalue weighted by atomic mass is 9.80. The Kier molecular flexibility index (Phi) is 5.93. The van der Waals surface area contributed by atoms with Crippen LogP contribution in [0.3, 0.4) is 0 Å². The number of aliphatic hydroxyl groups is 1. The first-order valence-corrected chi connectivity index (χ1v) is 10.2. The van der Waals surface area contributed by atoms with Crippen molar-refractivity contribution in [2.75, 3.05) is 59.1 Å². The van der Waals surface area contributed by atoms with Gasteiger partial charge in [-0.15, -0.1) is 0 Å². The Bertz CT molecular complexity index is 915. The largest absolute Gasteiger partial charge is 0.378 e. The molecule has 0 radical (unpaired) electrons. The highest BCUT2D eigenvalue weighted by Gasteiger charge is 2.34. The van der Waals surface area contributed by atoms with Crippen LogP contribution in [-0.4, -0.2) is 54.4 Å². The van der Waals surface area contributed by atoms with Crippen molar-refractivity contribution in [3.63, 3.8) is 0 Å². The van der Waals surface area contributed by atoms with E-state index in [2.05, 4.69) is 67.3 Å². The summed E-state index contributed by atoms with van der Waals surface area (Å²) in [6.45, 7) is 0. The van der Waals surface area contributed by atoms with Crippen LogP contribution in [0.5, 0.6) is 0 Å². The lowest BCUT2D eigenvalue weighted by molar-refractivity contribution is 0.125. The highest BCUT2D eigenvalue weighted by Crippen LogP contribution is 2.38. The van der Waals surface area contributed by atoms with Gasteiger partial charge in [0.15, 0.2) is 0 Å². The van der Waals surface area contributed by atoms with Crippen molar-refractivity contribution in [3.8, 4) is 0 Å². The van der Waals surface area contributed by atoms with Crippen molar-refractivity contribution in [2.45, 2.75) is 5.60 Å². The third-order valence-corrected chi connectivity index (χ3v) is 5.66. The standard InChI is InChI=1S/C26H34N3O/c1-27(2)23-14-8-20(9-15-23)26(30,21-10-16-24(17-11-21)28(3)4)22-12-18-25(19-13-22)29(5,6)7/h8-19,30H,1-7H3/q+1. The second-order valence-corrected chi connectivity index (χ2v) is 9.15. The van der Waals surface area contributed by atoms with Crippen LogP contribution in [0.2, 0.25) is 0 Å². The fraction of sp³-hybridized carbons (Fsp3) is 0.308. The first-order chi connectivity index (χ1) is 14.0. The molecule has 0 atom stereocenters. The van der Waals surface area contributed by atoms with Crippen molar-refractivity contribution in [2.24, 2.45) is 0 Å². The predicted molar refractivity (Wildman–Crippen MR) is 130 cm³/mol. The number of hydrogen-bond acceptors (Lipinski definition) is 3. The van der Waals surface area contributed by atoms with E-state index >= 15 is 0 Å². The molecule has 0 saturated heterocycles. The molecule has 30 heavy (non-hydrogen) atoms. The Morgan fingerprint density at radius 3 is 1.13 bits per heavy atom. The van der Waals surface area contributed by atoms with Crippen LogP contribution in [0.1, 0.15) is 16.7 Å². The minimum Gasteiger partial charge on any atom is -0.378 e. The maximum atomic E-state index is 12.1. The molecule has 0 aliphatic heterocycles. The second kappa shape index (κ2) is 8.13. The summed E-state index contributed by atoms with van der Waals surface area (Å²) in [7, 11) is 14.5. The van der Waals surface area contributed by atoms with E-state index in [0.717, 1.165) is 32.5 Å². The maximum absolute atomic E-state index is 12.1. The average Bonchev–Trinajstić information content (AvgIpc) is 2.72. The molecule has 3 aromatic rings. The van der Waals surface area contributed by atoms with Crippen LogP contribution in [-0.2, 0) is 5.60 Å². The lowest BCUT2D eigenvalue weighted by Gasteiger charge is -2.32. The Hall–Kier alpha value is -2.82. The van der Waals surface area contributed by atoms with Gasteiger partial charge in [-0.2, -0.15) is 0 Å². The molecule has 0 aromatic heterocycles. The Balaban J connectivity index is 2.15. The van der Waals surface area contributed by atoms with Crippen molar-refractivity contribution in [3.05, 3.63) is 89.5 Å². The minimum atomic E-state index is -1.24. The van der Waals surface area contributed by atoms with Crippen LogP contribution < -0.4 is 14.3 Å². The third-order valence-electron chi connectivity index (χ3n) is 5.66. The van der Waals surface area contributed by atoms with E-state index < -0.39 is 5.60 Å². The molecule has 3 rings (SSSR count). The molecule has 1 N–H and O–H groups in total. The number of rotatable bonds is 6. The van der Waals surface area contributed by atoms with Crippen LogP contribution in [0.25, 0.3) is 0 Å². The monoisotopic (exact) mass is 404 g/mol. The van der Waals surface area contributed by atoms with E-state index in [1.165, 1.54) is 5.69 Å². The van der Waals surface area contributed by atoms with E-state index in [1.54, 1.807) is 0 Å². The summed E-state index contributed by atoms with van der Waals surface area (Å²) < 4.78 is 0.730. The summed E-state index contributed by atoms with van der Waals surface area (Å²) in [5.74, 6) is 0. The second-order valence-electron chi connectivity index (χ2n) is 9.15. The van der Waals surface area contributed by atoms with Gasteiger partial charge >= 0.3 is 0 Å². The van der Waals surface area contributed by atoms with Gasteiger partial charge in [-0.05, 0) is 65.2 Å². The fourth-order valence-electron chi connectivity index (χ4n) is 3.65.